The number of ketones is 1. The average molecular weight is 234 g/mol. The highest BCUT2D eigenvalue weighted by atomic mass is 16.1. The molecule has 1 nitrogen and oxygen atoms in total. The first kappa shape index (κ1) is 11.7. The third-order valence-electron chi connectivity index (χ3n) is 6.95. The lowest BCUT2D eigenvalue weighted by atomic mass is 9.61. The summed E-state index contributed by atoms with van der Waals surface area (Å²) in [6, 6.07) is 0. The minimum atomic E-state index is 0.415. The Morgan fingerprint density at radius 1 is 1.12 bits per heavy atom. The smallest absolute Gasteiger partial charge is 0.136 e. The van der Waals surface area contributed by atoms with Crippen LogP contribution >= 0.6 is 0 Å². The maximum absolute atomic E-state index is 12.2. The molecule has 3 aliphatic carbocycles. The molecule has 0 amide bonds. The summed E-state index contributed by atoms with van der Waals surface area (Å²) in [5.41, 5.74) is 0.907. The summed E-state index contributed by atoms with van der Waals surface area (Å²) >= 11 is 0. The van der Waals surface area contributed by atoms with Gasteiger partial charge in [0.2, 0.25) is 0 Å². The minimum Gasteiger partial charge on any atom is -0.299 e. The zero-order valence-corrected chi connectivity index (χ0v) is 11.6. The van der Waals surface area contributed by atoms with Crippen molar-refractivity contribution in [1.29, 1.82) is 0 Å². The van der Waals surface area contributed by atoms with E-state index in [-0.39, 0.29) is 0 Å². The molecule has 0 aromatic heterocycles. The fraction of sp³-hybridized carbons (Fsp3) is 0.938. The predicted octanol–water partition coefficient (Wildman–Crippen LogP) is 4.21. The van der Waals surface area contributed by atoms with Gasteiger partial charge in [-0.15, -0.1) is 0 Å². The molecule has 3 saturated carbocycles. The van der Waals surface area contributed by atoms with Crippen LogP contribution in [0.2, 0.25) is 0 Å². The summed E-state index contributed by atoms with van der Waals surface area (Å²) < 4.78 is 0. The number of hydrogen-bond donors (Lipinski definition) is 0. The SMILES string of the molecule is CC1(C)[C@@H]2CC[C@@]1(C)[C@H]([C@@H]1CCCCC1=O)C2. The van der Waals surface area contributed by atoms with Gasteiger partial charge in [-0.25, -0.2) is 0 Å². The van der Waals surface area contributed by atoms with Crippen molar-refractivity contribution in [3.8, 4) is 0 Å². The number of carbonyl (C=O) groups excluding carboxylic acids is 1. The third kappa shape index (κ3) is 1.40. The van der Waals surface area contributed by atoms with Gasteiger partial charge in [-0.1, -0.05) is 27.2 Å². The quantitative estimate of drug-likeness (QED) is 0.664. The maximum Gasteiger partial charge on any atom is 0.136 e. The Labute approximate surface area is 105 Å². The number of carbonyl (C=O) groups is 1. The topological polar surface area (TPSA) is 17.1 Å². The van der Waals surface area contributed by atoms with Crippen molar-refractivity contribution in [2.45, 2.75) is 65.7 Å². The van der Waals surface area contributed by atoms with E-state index < -0.39 is 0 Å². The molecule has 0 N–H and O–H groups in total. The second-order valence-electron chi connectivity index (χ2n) is 7.54. The molecule has 0 unspecified atom stereocenters. The predicted molar refractivity (Wildman–Crippen MR) is 69.7 cm³/mol. The maximum atomic E-state index is 12.2. The first-order chi connectivity index (χ1) is 7.97. The van der Waals surface area contributed by atoms with E-state index in [4.69, 9.17) is 0 Å². The second kappa shape index (κ2) is 3.59. The average Bonchev–Trinajstić information content (AvgIpc) is 2.62. The van der Waals surface area contributed by atoms with Gasteiger partial charge in [-0.2, -0.15) is 0 Å². The van der Waals surface area contributed by atoms with Crippen molar-refractivity contribution in [1.82, 2.24) is 0 Å². The standard InChI is InChI=1S/C16H26O/c1-15(2)11-8-9-16(15,3)13(10-11)12-6-4-5-7-14(12)17/h11-13H,4-10H2,1-3H3/t11-,12+,13+,16+/m1/s1. The molecule has 96 valence electrons. The molecule has 3 rings (SSSR count). The highest BCUT2D eigenvalue weighted by molar-refractivity contribution is 5.82. The molecule has 2 bridgehead atoms. The molecule has 0 spiro atoms. The van der Waals surface area contributed by atoms with Gasteiger partial charge < -0.3 is 0 Å². The minimum absolute atomic E-state index is 0.415. The van der Waals surface area contributed by atoms with E-state index in [0.717, 1.165) is 18.8 Å². The Kier molecular flexibility index (Phi) is 2.48. The Hall–Kier alpha value is -0.330. The van der Waals surface area contributed by atoms with Crippen molar-refractivity contribution in [2.75, 3.05) is 0 Å². The molecule has 0 aliphatic heterocycles. The van der Waals surface area contributed by atoms with Crippen molar-refractivity contribution in [3.63, 3.8) is 0 Å². The Morgan fingerprint density at radius 3 is 2.41 bits per heavy atom. The van der Waals surface area contributed by atoms with Crippen LogP contribution in [0.1, 0.15) is 65.7 Å². The van der Waals surface area contributed by atoms with Crippen LogP contribution in [0.5, 0.6) is 0 Å². The number of hydrogen-bond acceptors (Lipinski definition) is 1. The second-order valence-corrected chi connectivity index (χ2v) is 7.54. The van der Waals surface area contributed by atoms with Crippen LogP contribution in [0.3, 0.4) is 0 Å². The van der Waals surface area contributed by atoms with Crippen LogP contribution in [0.15, 0.2) is 0 Å². The van der Waals surface area contributed by atoms with Gasteiger partial charge in [0.25, 0.3) is 0 Å². The van der Waals surface area contributed by atoms with E-state index in [1.807, 2.05) is 0 Å². The van der Waals surface area contributed by atoms with Crippen molar-refractivity contribution in [3.05, 3.63) is 0 Å². The largest absolute Gasteiger partial charge is 0.299 e. The Morgan fingerprint density at radius 2 is 1.88 bits per heavy atom. The van der Waals surface area contributed by atoms with Crippen LogP contribution in [-0.2, 0) is 4.79 Å². The number of rotatable bonds is 1. The monoisotopic (exact) mass is 234 g/mol. The van der Waals surface area contributed by atoms with Crippen molar-refractivity contribution < 1.29 is 4.79 Å². The molecular weight excluding hydrogens is 208 g/mol. The summed E-state index contributed by atoms with van der Waals surface area (Å²) in [7, 11) is 0. The fourth-order valence-electron chi connectivity index (χ4n) is 5.31. The molecule has 1 heteroatoms. The molecule has 0 radical (unpaired) electrons. The third-order valence-corrected chi connectivity index (χ3v) is 6.95. The normalized spacial score (nSPS) is 48.6. The zero-order chi connectivity index (χ0) is 12.3. The van der Waals surface area contributed by atoms with Crippen LogP contribution in [0.25, 0.3) is 0 Å². The molecule has 3 aliphatic rings. The Balaban J connectivity index is 1.88. The molecule has 0 heterocycles. The van der Waals surface area contributed by atoms with Gasteiger partial charge in [0.15, 0.2) is 0 Å². The summed E-state index contributed by atoms with van der Waals surface area (Å²) in [4.78, 5) is 12.2. The first-order valence-electron chi connectivity index (χ1n) is 7.49. The number of Topliss-reactive ketones (excluding diaryl/α,β-unsaturated/α-hetero) is 1. The van der Waals surface area contributed by atoms with Crippen LogP contribution < -0.4 is 0 Å². The van der Waals surface area contributed by atoms with Gasteiger partial charge in [-0.05, 0) is 54.8 Å². The lowest BCUT2D eigenvalue weighted by Gasteiger charge is -2.43. The van der Waals surface area contributed by atoms with Crippen LogP contribution in [-0.4, -0.2) is 5.78 Å². The summed E-state index contributed by atoms with van der Waals surface area (Å²) in [5, 5.41) is 0. The molecule has 4 atom stereocenters. The van der Waals surface area contributed by atoms with Crippen LogP contribution in [0.4, 0.5) is 0 Å². The summed E-state index contributed by atoms with van der Waals surface area (Å²) in [5.74, 6) is 2.58. The van der Waals surface area contributed by atoms with Gasteiger partial charge in [0.1, 0.15) is 5.78 Å². The van der Waals surface area contributed by atoms with Crippen molar-refractivity contribution >= 4 is 5.78 Å². The van der Waals surface area contributed by atoms with Gasteiger partial charge in [0, 0.05) is 12.3 Å². The van der Waals surface area contributed by atoms with E-state index >= 15 is 0 Å². The molecular formula is C16H26O. The van der Waals surface area contributed by atoms with E-state index in [1.54, 1.807) is 0 Å². The van der Waals surface area contributed by atoms with Gasteiger partial charge >= 0.3 is 0 Å². The van der Waals surface area contributed by atoms with Gasteiger partial charge in [-0.3, -0.25) is 4.79 Å². The molecule has 0 aromatic carbocycles. The first-order valence-corrected chi connectivity index (χ1v) is 7.49. The van der Waals surface area contributed by atoms with E-state index in [2.05, 4.69) is 20.8 Å². The van der Waals surface area contributed by atoms with E-state index in [0.29, 0.717) is 28.4 Å². The van der Waals surface area contributed by atoms with Gasteiger partial charge in [0.05, 0.1) is 0 Å². The lowest BCUT2D eigenvalue weighted by molar-refractivity contribution is -0.128. The highest BCUT2D eigenvalue weighted by Gasteiger charge is 2.63. The highest BCUT2D eigenvalue weighted by Crippen LogP contribution is 2.70. The van der Waals surface area contributed by atoms with E-state index in [9.17, 15) is 4.79 Å². The lowest BCUT2D eigenvalue weighted by Crippen LogP contribution is -2.39. The molecule has 0 aromatic rings. The Bertz CT molecular complexity index is 343. The molecule has 0 saturated heterocycles. The van der Waals surface area contributed by atoms with E-state index in [1.165, 1.54) is 32.1 Å². The fourth-order valence-corrected chi connectivity index (χ4v) is 5.31. The number of fused-ring (bicyclic) bond motifs is 2. The van der Waals surface area contributed by atoms with Crippen molar-refractivity contribution in [2.24, 2.45) is 28.6 Å². The zero-order valence-electron chi connectivity index (χ0n) is 11.6. The summed E-state index contributed by atoms with van der Waals surface area (Å²) in [6.45, 7) is 7.39. The molecule has 17 heavy (non-hydrogen) atoms. The van der Waals surface area contributed by atoms with Crippen LogP contribution in [0, 0.1) is 28.6 Å². The molecule has 3 fully saturated rings. The summed E-state index contributed by atoms with van der Waals surface area (Å²) in [6.07, 6.45) is 8.57.